The molecule has 18 heavy (non-hydrogen) atoms. The number of nitrogens with zero attached hydrogens (tertiary/aromatic N) is 1. The number of carbonyl (C=O) groups is 1. The lowest BCUT2D eigenvalue weighted by molar-refractivity contribution is -0.145. The molecule has 0 fully saturated rings. The van der Waals surface area contributed by atoms with Gasteiger partial charge in [-0.25, -0.2) is 9.78 Å². The number of aromatic nitrogens is 1. The van der Waals surface area contributed by atoms with Gasteiger partial charge in [-0.3, -0.25) is 0 Å². The fourth-order valence-corrected chi connectivity index (χ4v) is 1.65. The zero-order valence-corrected chi connectivity index (χ0v) is 10.3. The minimum absolute atomic E-state index is 0.407. The summed E-state index contributed by atoms with van der Waals surface area (Å²) in [7, 11) is 0. The van der Waals surface area contributed by atoms with Gasteiger partial charge in [-0.1, -0.05) is 13.8 Å². The molecule has 0 aliphatic rings. The largest absolute Gasteiger partial charge is 0.479 e. The summed E-state index contributed by atoms with van der Waals surface area (Å²) in [6.07, 6.45) is 0.290. The van der Waals surface area contributed by atoms with Gasteiger partial charge in [-0.2, -0.15) is 0 Å². The second-order valence-corrected chi connectivity index (χ2v) is 3.94. The number of hydrogen-bond donors (Lipinski definition) is 1. The molecule has 0 bridgehead atoms. The van der Waals surface area contributed by atoms with Gasteiger partial charge in [0.1, 0.15) is 11.3 Å². The second-order valence-electron chi connectivity index (χ2n) is 3.94. The lowest BCUT2D eigenvalue weighted by Gasteiger charge is -2.12. The number of carboxylic acid groups (broad SMARTS) is 1. The van der Waals surface area contributed by atoms with Gasteiger partial charge in [-0.05, 0) is 18.6 Å². The van der Waals surface area contributed by atoms with E-state index in [0.717, 1.165) is 11.9 Å². The normalized spacial score (nSPS) is 12.6. The van der Waals surface area contributed by atoms with Crippen LogP contribution >= 0.6 is 0 Å². The lowest BCUT2D eigenvalue weighted by atomic mass is 10.2. The third-order valence-electron chi connectivity index (χ3n) is 2.63. The van der Waals surface area contributed by atoms with Crippen molar-refractivity contribution in [2.24, 2.45) is 0 Å². The summed E-state index contributed by atoms with van der Waals surface area (Å²) in [5, 5.41) is 8.93. The number of rotatable bonds is 5. The number of carboxylic acids is 1. The maximum Gasteiger partial charge on any atom is 0.344 e. The lowest BCUT2D eigenvalue weighted by Crippen LogP contribution is -2.25. The molecule has 5 nitrogen and oxygen atoms in total. The number of fused-ring (bicyclic) bond motifs is 1. The minimum Gasteiger partial charge on any atom is -0.479 e. The van der Waals surface area contributed by atoms with Crippen molar-refractivity contribution in [3.05, 3.63) is 24.1 Å². The van der Waals surface area contributed by atoms with Gasteiger partial charge in [-0.15, -0.1) is 0 Å². The Morgan fingerprint density at radius 1 is 1.50 bits per heavy atom. The summed E-state index contributed by atoms with van der Waals surface area (Å²) in [5.74, 6) is 0.174. The molecule has 0 aliphatic carbocycles. The molecule has 96 valence electrons. The Hall–Kier alpha value is -2.04. The Morgan fingerprint density at radius 2 is 2.28 bits per heavy atom. The Labute approximate surface area is 104 Å². The van der Waals surface area contributed by atoms with Crippen LogP contribution in [-0.4, -0.2) is 22.2 Å². The molecular formula is C13H15NO4. The van der Waals surface area contributed by atoms with E-state index in [1.807, 2.05) is 6.92 Å². The van der Waals surface area contributed by atoms with Crippen LogP contribution in [0.5, 0.6) is 5.75 Å². The van der Waals surface area contributed by atoms with Crippen molar-refractivity contribution in [3.63, 3.8) is 0 Å². The molecule has 0 aliphatic heterocycles. The van der Waals surface area contributed by atoms with E-state index in [9.17, 15) is 4.79 Å². The first kappa shape index (κ1) is 12.4. The summed E-state index contributed by atoms with van der Waals surface area (Å²) in [4.78, 5) is 15.2. The molecular weight excluding hydrogens is 234 g/mol. The van der Waals surface area contributed by atoms with Crippen LogP contribution in [0, 0.1) is 0 Å². The van der Waals surface area contributed by atoms with Gasteiger partial charge in [0.15, 0.2) is 17.6 Å². The predicted molar refractivity (Wildman–Crippen MR) is 65.7 cm³/mol. The molecule has 1 heterocycles. The molecule has 0 radical (unpaired) electrons. The average molecular weight is 249 g/mol. The van der Waals surface area contributed by atoms with Crippen LogP contribution in [0.25, 0.3) is 11.1 Å². The zero-order valence-electron chi connectivity index (χ0n) is 10.3. The van der Waals surface area contributed by atoms with E-state index in [4.69, 9.17) is 14.3 Å². The molecule has 1 N–H and O–H groups in total. The van der Waals surface area contributed by atoms with Crippen LogP contribution < -0.4 is 4.74 Å². The topological polar surface area (TPSA) is 72.6 Å². The van der Waals surface area contributed by atoms with E-state index in [-0.39, 0.29) is 0 Å². The van der Waals surface area contributed by atoms with Gasteiger partial charge < -0.3 is 14.3 Å². The number of benzene rings is 1. The van der Waals surface area contributed by atoms with Gasteiger partial charge >= 0.3 is 5.97 Å². The van der Waals surface area contributed by atoms with Crippen LogP contribution in [0.4, 0.5) is 0 Å². The molecule has 5 heteroatoms. The first-order chi connectivity index (χ1) is 8.63. The number of ether oxygens (including phenoxy) is 1. The molecule has 2 aromatic rings. The highest BCUT2D eigenvalue weighted by Gasteiger charge is 2.17. The van der Waals surface area contributed by atoms with E-state index in [1.165, 1.54) is 0 Å². The molecule has 0 amide bonds. The first-order valence-corrected chi connectivity index (χ1v) is 5.93. The Bertz CT molecular complexity index is 561. The van der Waals surface area contributed by atoms with Gasteiger partial charge in [0.05, 0.1) is 0 Å². The maximum absolute atomic E-state index is 10.9. The number of hydrogen-bond acceptors (Lipinski definition) is 4. The first-order valence-electron chi connectivity index (χ1n) is 5.93. The molecule has 1 atom stereocenters. The Morgan fingerprint density at radius 3 is 2.89 bits per heavy atom. The summed E-state index contributed by atoms with van der Waals surface area (Å²) < 4.78 is 10.9. The van der Waals surface area contributed by atoms with Crippen LogP contribution in [0.1, 0.15) is 26.2 Å². The van der Waals surface area contributed by atoms with E-state index in [2.05, 4.69) is 4.98 Å². The van der Waals surface area contributed by atoms with E-state index in [0.29, 0.717) is 23.6 Å². The van der Waals surface area contributed by atoms with Crippen LogP contribution in [0.3, 0.4) is 0 Å². The third-order valence-corrected chi connectivity index (χ3v) is 2.63. The van der Waals surface area contributed by atoms with Crippen LogP contribution in [0.2, 0.25) is 0 Å². The van der Waals surface area contributed by atoms with Crippen molar-refractivity contribution in [3.8, 4) is 5.75 Å². The summed E-state index contributed by atoms with van der Waals surface area (Å²) >= 11 is 0. The monoisotopic (exact) mass is 249 g/mol. The fraction of sp³-hybridized carbons (Fsp3) is 0.385. The van der Waals surface area contributed by atoms with Gasteiger partial charge in [0.25, 0.3) is 0 Å². The Kier molecular flexibility index (Phi) is 3.50. The van der Waals surface area contributed by atoms with Crippen molar-refractivity contribution >= 4 is 17.1 Å². The minimum atomic E-state index is -0.968. The molecule has 1 aromatic carbocycles. The third kappa shape index (κ3) is 2.45. The van der Waals surface area contributed by atoms with Crippen molar-refractivity contribution in [1.82, 2.24) is 4.98 Å². The number of oxazole rings is 1. The molecule has 1 aromatic heterocycles. The van der Waals surface area contributed by atoms with Crippen LogP contribution in [0.15, 0.2) is 22.6 Å². The van der Waals surface area contributed by atoms with Gasteiger partial charge in [0.2, 0.25) is 0 Å². The molecule has 0 saturated carbocycles. The quantitative estimate of drug-likeness (QED) is 0.881. The highest BCUT2D eigenvalue weighted by Crippen LogP contribution is 2.23. The van der Waals surface area contributed by atoms with E-state index in [1.54, 1.807) is 25.1 Å². The van der Waals surface area contributed by atoms with Gasteiger partial charge in [0, 0.05) is 12.5 Å². The van der Waals surface area contributed by atoms with Crippen LogP contribution in [-0.2, 0) is 11.2 Å². The molecule has 0 saturated heterocycles. The van der Waals surface area contributed by atoms with E-state index < -0.39 is 12.1 Å². The van der Waals surface area contributed by atoms with E-state index >= 15 is 0 Å². The second kappa shape index (κ2) is 5.08. The highest BCUT2D eigenvalue weighted by molar-refractivity contribution is 5.75. The SMILES string of the molecule is CCc1nc2ccc(OC(CC)C(=O)O)cc2o1. The fourth-order valence-electron chi connectivity index (χ4n) is 1.65. The predicted octanol–water partition coefficient (Wildman–Crippen LogP) is 2.63. The summed E-state index contributed by atoms with van der Waals surface area (Å²) in [6.45, 7) is 3.72. The summed E-state index contributed by atoms with van der Waals surface area (Å²) in [6, 6.07) is 5.14. The molecule has 2 rings (SSSR count). The number of aliphatic carboxylic acids is 1. The average Bonchev–Trinajstić information content (AvgIpc) is 2.77. The standard InChI is InChI=1S/C13H15NO4/c1-3-10(13(15)16)17-8-5-6-9-11(7-8)18-12(4-2)14-9/h5-7,10H,3-4H2,1-2H3,(H,15,16). The van der Waals surface area contributed by atoms with Crippen molar-refractivity contribution in [2.45, 2.75) is 32.8 Å². The number of aryl methyl sites for hydroxylation is 1. The smallest absolute Gasteiger partial charge is 0.344 e. The maximum atomic E-state index is 10.9. The van der Waals surface area contributed by atoms with Crippen molar-refractivity contribution in [1.29, 1.82) is 0 Å². The molecule has 1 unspecified atom stereocenters. The Balaban J connectivity index is 2.26. The summed E-state index contributed by atoms with van der Waals surface area (Å²) in [5.41, 5.74) is 1.37. The zero-order chi connectivity index (χ0) is 13.1. The van der Waals surface area contributed by atoms with Crippen molar-refractivity contribution < 1.29 is 19.1 Å². The highest BCUT2D eigenvalue weighted by atomic mass is 16.5. The van der Waals surface area contributed by atoms with Crippen molar-refractivity contribution in [2.75, 3.05) is 0 Å². The molecule has 0 spiro atoms.